The Morgan fingerprint density at radius 2 is 1.77 bits per heavy atom. The summed E-state index contributed by atoms with van der Waals surface area (Å²) in [4.78, 5) is 26.8. The third kappa shape index (κ3) is 5.96. The van der Waals surface area contributed by atoms with E-state index in [1.165, 1.54) is 13.2 Å². The monoisotopic (exact) mass is 428 g/mol. The summed E-state index contributed by atoms with van der Waals surface area (Å²) in [6.45, 7) is 1.88. The van der Waals surface area contributed by atoms with Crippen LogP contribution in [0.1, 0.15) is 35.2 Å². The molecule has 1 saturated heterocycles. The van der Waals surface area contributed by atoms with Gasteiger partial charge in [-0.25, -0.2) is 4.39 Å². The highest BCUT2D eigenvalue weighted by molar-refractivity contribution is 5.94. The predicted octanol–water partition coefficient (Wildman–Crippen LogP) is 3.44. The first-order valence-electron chi connectivity index (χ1n) is 10.5. The molecule has 0 bridgehead atoms. The van der Waals surface area contributed by atoms with Gasteiger partial charge in [0.05, 0.1) is 14.2 Å². The van der Waals surface area contributed by atoms with Crippen LogP contribution in [0.4, 0.5) is 4.39 Å². The summed E-state index contributed by atoms with van der Waals surface area (Å²) in [5.74, 6) is 1.03. The van der Waals surface area contributed by atoms with Gasteiger partial charge in [0, 0.05) is 31.6 Å². The number of ether oxygens (including phenoxy) is 2. The van der Waals surface area contributed by atoms with Crippen LogP contribution in [0.15, 0.2) is 42.5 Å². The van der Waals surface area contributed by atoms with E-state index in [4.69, 9.17) is 9.47 Å². The van der Waals surface area contributed by atoms with Gasteiger partial charge in [0.25, 0.3) is 5.91 Å². The number of nitrogens with zero attached hydrogens (tertiary/aromatic N) is 1. The number of likely N-dealkylation sites (tertiary alicyclic amines) is 1. The molecule has 2 aromatic carbocycles. The molecule has 7 heteroatoms. The van der Waals surface area contributed by atoms with Gasteiger partial charge in [-0.05, 0) is 55.0 Å². The fourth-order valence-electron chi connectivity index (χ4n) is 3.80. The zero-order valence-electron chi connectivity index (χ0n) is 18.0. The molecule has 2 aromatic rings. The van der Waals surface area contributed by atoms with Crippen molar-refractivity contribution in [1.82, 2.24) is 10.2 Å². The van der Waals surface area contributed by atoms with Crippen molar-refractivity contribution >= 4 is 11.8 Å². The molecule has 166 valence electrons. The SMILES string of the molecule is COc1ccc(C(=O)NCC2CCN(C(=O)CCc3ccccc3F)CC2)cc1OC. The van der Waals surface area contributed by atoms with Crippen molar-refractivity contribution in [1.29, 1.82) is 0 Å². The maximum atomic E-state index is 13.7. The van der Waals surface area contributed by atoms with Crippen LogP contribution < -0.4 is 14.8 Å². The Morgan fingerprint density at radius 1 is 1.06 bits per heavy atom. The van der Waals surface area contributed by atoms with Gasteiger partial charge in [-0.3, -0.25) is 9.59 Å². The maximum Gasteiger partial charge on any atom is 0.251 e. The summed E-state index contributed by atoms with van der Waals surface area (Å²) >= 11 is 0. The number of halogens is 1. The van der Waals surface area contributed by atoms with Crippen molar-refractivity contribution in [2.75, 3.05) is 33.9 Å². The summed E-state index contributed by atoms with van der Waals surface area (Å²) in [6, 6.07) is 11.6. The summed E-state index contributed by atoms with van der Waals surface area (Å²) in [6.07, 6.45) is 2.38. The van der Waals surface area contributed by atoms with Gasteiger partial charge in [-0.2, -0.15) is 0 Å². The van der Waals surface area contributed by atoms with Crippen molar-refractivity contribution in [3.8, 4) is 11.5 Å². The average molecular weight is 429 g/mol. The van der Waals surface area contributed by atoms with Crippen LogP contribution in [0, 0.1) is 11.7 Å². The molecule has 1 aliphatic rings. The van der Waals surface area contributed by atoms with Crippen LogP contribution >= 0.6 is 0 Å². The minimum absolute atomic E-state index is 0.0519. The second-order valence-electron chi connectivity index (χ2n) is 7.70. The van der Waals surface area contributed by atoms with Crippen LogP contribution in [0.25, 0.3) is 0 Å². The Balaban J connectivity index is 1.42. The van der Waals surface area contributed by atoms with Crippen LogP contribution in [-0.4, -0.2) is 50.6 Å². The molecule has 0 unspecified atom stereocenters. The highest BCUT2D eigenvalue weighted by Crippen LogP contribution is 2.27. The first-order chi connectivity index (χ1) is 15.0. The first kappa shape index (κ1) is 22.6. The largest absolute Gasteiger partial charge is 0.493 e. The van der Waals surface area contributed by atoms with Gasteiger partial charge in [-0.1, -0.05) is 18.2 Å². The third-order valence-electron chi connectivity index (χ3n) is 5.73. The van der Waals surface area contributed by atoms with Gasteiger partial charge in [0.15, 0.2) is 11.5 Å². The van der Waals surface area contributed by atoms with Crippen molar-refractivity contribution in [2.24, 2.45) is 5.92 Å². The van der Waals surface area contributed by atoms with Crippen LogP contribution in [0.3, 0.4) is 0 Å². The molecule has 3 rings (SSSR count). The van der Waals surface area contributed by atoms with E-state index in [-0.39, 0.29) is 17.6 Å². The Hall–Kier alpha value is -3.09. The molecular weight excluding hydrogens is 399 g/mol. The van der Waals surface area contributed by atoms with Gasteiger partial charge >= 0.3 is 0 Å². The number of amides is 2. The normalized spacial score (nSPS) is 14.2. The Bertz CT molecular complexity index is 910. The smallest absolute Gasteiger partial charge is 0.251 e. The van der Waals surface area contributed by atoms with E-state index in [2.05, 4.69) is 5.32 Å². The molecule has 6 nitrogen and oxygen atoms in total. The predicted molar refractivity (Wildman–Crippen MR) is 116 cm³/mol. The summed E-state index contributed by atoms with van der Waals surface area (Å²) in [7, 11) is 3.08. The molecule has 1 aliphatic heterocycles. The molecule has 1 heterocycles. The summed E-state index contributed by atoms with van der Waals surface area (Å²) in [5, 5.41) is 2.97. The highest BCUT2D eigenvalue weighted by atomic mass is 19.1. The Labute approximate surface area is 182 Å². The molecule has 0 atom stereocenters. The number of piperidine rings is 1. The molecule has 0 saturated carbocycles. The van der Waals surface area contributed by atoms with E-state index < -0.39 is 0 Å². The lowest BCUT2D eigenvalue weighted by Crippen LogP contribution is -2.41. The fraction of sp³-hybridized carbons (Fsp3) is 0.417. The molecule has 1 N–H and O–H groups in total. The summed E-state index contributed by atoms with van der Waals surface area (Å²) < 4.78 is 24.2. The van der Waals surface area contributed by atoms with Crippen LogP contribution in [0.2, 0.25) is 0 Å². The number of nitrogens with one attached hydrogen (secondary N) is 1. The number of hydrogen-bond donors (Lipinski definition) is 1. The number of benzene rings is 2. The number of carbonyl (C=O) groups is 2. The second-order valence-corrected chi connectivity index (χ2v) is 7.70. The zero-order valence-corrected chi connectivity index (χ0v) is 18.0. The maximum absolute atomic E-state index is 13.7. The van der Waals surface area contributed by atoms with Crippen LogP contribution in [0.5, 0.6) is 11.5 Å². The molecule has 1 fully saturated rings. The third-order valence-corrected chi connectivity index (χ3v) is 5.73. The molecule has 31 heavy (non-hydrogen) atoms. The minimum atomic E-state index is -0.265. The molecule has 0 aliphatic carbocycles. The molecule has 2 amide bonds. The van der Waals surface area contributed by atoms with E-state index in [1.54, 1.807) is 43.5 Å². The lowest BCUT2D eigenvalue weighted by Gasteiger charge is -2.32. The van der Waals surface area contributed by atoms with Gasteiger partial charge in [0.2, 0.25) is 5.91 Å². The Kier molecular flexibility index (Phi) is 7.87. The second kappa shape index (κ2) is 10.8. The number of aryl methyl sites for hydroxylation is 1. The van der Waals surface area contributed by atoms with Gasteiger partial charge in [-0.15, -0.1) is 0 Å². The van der Waals surface area contributed by atoms with E-state index in [0.29, 0.717) is 61.0 Å². The van der Waals surface area contributed by atoms with Gasteiger partial charge in [0.1, 0.15) is 5.82 Å². The zero-order chi connectivity index (χ0) is 22.2. The van der Waals surface area contributed by atoms with E-state index in [0.717, 1.165) is 12.8 Å². The average Bonchev–Trinajstić information content (AvgIpc) is 2.81. The van der Waals surface area contributed by atoms with E-state index in [9.17, 15) is 14.0 Å². The molecule has 0 spiro atoms. The van der Waals surface area contributed by atoms with Crippen molar-refractivity contribution in [3.05, 3.63) is 59.4 Å². The van der Waals surface area contributed by atoms with Crippen molar-refractivity contribution in [2.45, 2.75) is 25.7 Å². The van der Waals surface area contributed by atoms with Crippen molar-refractivity contribution in [3.63, 3.8) is 0 Å². The minimum Gasteiger partial charge on any atom is -0.493 e. The first-order valence-corrected chi connectivity index (χ1v) is 10.5. The number of rotatable bonds is 8. The molecule has 0 radical (unpaired) electrons. The highest BCUT2D eigenvalue weighted by Gasteiger charge is 2.23. The van der Waals surface area contributed by atoms with Crippen LogP contribution in [-0.2, 0) is 11.2 Å². The lowest BCUT2D eigenvalue weighted by atomic mass is 9.96. The lowest BCUT2D eigenvalue weighted by molar-refractivity contribution is -0.132. The Morgan fingerprint density at radius 3 is 2.45 bits per heavy atom. The quantitative estimate of drug-likeness (QED) is 0.699. The van der Waals surface area contributed by atoms with E-state index >= 15 is 0 Å². The van der Waals surface area contributed by atoms with E-state index in [1.807, 2.05) is 4.90 Å². The molecule has 0 aromatic heterocycles. The van der Waals surface area contributed by atoms with Gasteiger partial charge < -0.3 is 19.7 Å². The number of methoxy groups -OCH3 is 2. The summed E-state index contributed by atoms with van der Waals surface area (Å²) in [5.41, 5.74) is 1.09. The molecular formula is C24H29FN2O4. The number of hydrogen-bond acceptors (Lipinski definition) is 4. The standard InChI is InChI=1S/C24H29FN2O4/c1-30-21-9-7-19(15-22(21)31-2)24(29)26-16-17-11-13-27(14-12-17)23(28)10-8-18-5-3-4-6-20(18)25/h3-7,9,15,17H,8,10-14,16H2,1-2H3,(H,26,29). The number of carbonyl (C=O) groups excluding carboxylic acids is 2. The fourth-order valence-corrected chi connectivity index (χ4v) is 3.80. The van der Waals surface area contributed by atoms with Crippen molar-refractivity contribution < 1.29 is 23.5 Å². The topological polar surface area (TPSA) is 67.9 Å².